The van der Waals surface area contributed by atoms with Crippen molar-refractivity contribution < 1.29 is 29.0 Å². The van der Waals surface area contributed by atoms with Crippen LogP contribution in [-0.4, -0.2) is 72.3 Å². The van der Waals surface area contributed by atoms with Crippen LogP contribution in [0.2, 0.25) is 0 Å². The van der Waals surface area contributed by atoms with Crippen molar-refractivity contribution >= 4 is 17.8 Å². The molecule has 2 N–H and O–H groups in total. The summed E-state index contributed by atoms with van der Waals surface area (Å²) in [5.74, 6) is -1.20. The maximum Gasteiger partial charge on any atom is 0.325 e. The molecule has 26 heavy (non-hydrogen) atoms. The van der Waals surface area contributed by atoms with Crippen LogP contribution in [0.5, 0.6) is 0 Å². The zero-order valence-corrected chi connectivity index (χ0v) is 15.0. The molecule has 0 aromatic carbocycles. The Hall–Kier alpha value is -2.19. The molecule has 1 saturated heterocycles. The van der Waals surface area contributed by atoms with E-state index >= 15 is 0 Å². The second kappa shape index (κ2) is 7.20. The number of aliphatic hydroxyl groups is 1. The molecular formula is C18H24N2O6. The monoisotopic (exact) mass is 364 g/mol. The minimum absolute atomic E-state index is 0.0960. The molecule has 142 valence electrons. The maximum absolute atomic E-state index is 13.0. The summed E-state index contributed by atoms with van der Waals surface area (Å²) in [5, 5.41) is 11.5. The summed E-state index contributed by atoms with van der Waals surface area (Å²) in [7, 11) is 1.24. The highest BCUT2D eigenvalue weighted by atomic mass is 16.5. The molecular weight excluding hydrogens is 340 g/mol. The van der Waals surface area contributed by atoms with Gasteiger partial charge in [0.1, 0.15) is 18.2 Å². The molecule has 3 atom stereocenters. The average molecular weight is 364 g/mol. The number of nitrogens with one attached hydrogen (secondary N) is 1. The van der Waals surface area contributed by atoms with E-state index in [4.69, 9.17) is 9.84 Å². The van der Waals surface area contributed by atoms with Gasteiger partial charge in [-0.3, -0.25) is 14.4 Å². The third-order valence-corrected chi connectivity index (χ3v) is 5.19. The van der Waals surface area contributed by atoms with Gasteiger partial charge in [0.15, 0.2) is 0 Å². The number of hydrogen-bond donors (Lipinski definition) is 2. The van der Waals surface area contributed by atoms with Crippen LogP contribution in [0.25, 0.3) is 0 Å². The van der Waals surface area contributed by atoms with Gasteiger partial charge >= 0.3 is 5.97 Å². The number of carbonyl (C=O) groups excluding carboxylic acids is 3. The number of carbonyl (C=O) groups is 3. The quantitative estimate of drug-likeness (QED) is 0.347. The lowest BCUT2D eigenvalue weighted by atomic mass is 9.85. The lowest BCUT2D eigenvalue weighted by Crippen LogP contribution is -2.55. The number of methoxy groups -OCH3 is 1. The van der Waals surface area contributed by atoms with Crippen molar-refractivity contribution in [2.24, 2.45) is 0 Å². The number of unbranched alkanes of at least 4 members (excludes halogenated alkanes) is 2. The average Bonchev–Trinajstić information content (AvgIpc) is 3.25. The fourth-order valence-corrected chi connectivity index (χ4v) is 3.93. The second-order valence-electron chi connectivity index (χ2n) is 6.73. The third kappa shape index (κ3) is 2.83. The number of hydrogen-bond acceptors (Lipinski definition) is 6. The topological polar surface area (TPSA) is 105 Å². The van der Waals surface area contributed by atoms with E-state index in [1.54, 1.807) is 6.08 Å². The predicted octanol–water partition coefficient (Wildman–Crippen LogP) is -0.327. The Bertz CT molecular complexity index is 685. The Morgan fingerprint density at radius 3 is 2.85 bits per heavy atom. The summed E-state index contributed by atoms with van der Waals surface area (Å²) in [4.78, 5) is 38.7. The molecule has 3 aliphatic heterocycles. The van der Waals surface area contributed by atoms with E-state index in [1.165, 1.54) is 12.0 Å². The van der Waals surface area contributed by atoms with Gasteiger partial charge in [0.05, 0.1) is 18.8 Å². The number of aliphatic hydroxyl groups excluding tert-OH is 1. The normalized spacial score (nSPS) is 28.7. The number of esters is 1. The predicted molar refractivity (Wildman–Crippen MR) is 90.9 cm³/mol. The van der Waals surface area contributed by atoms with E-state index in [0.29, 0.717) is 25.0 Å². The Morgan fingerprint density at radius 2 is 2.15 bits per heavy atom. The standard InChI is InChI=1S/C18H24N2O6/c1-11-12-6-7-18(26-12)14(11)17(24)20(8-4-3-5-9-21)15(18)16(23)19-10-13(22)25-2/h6-7,12,15,21H,3-5,8-10H2,1-2H3,(H,19,23)/t12-,15+,18+/m1/s1. The highest BCUT2D eigenvalue weighted by Gasteiger charge is 2.65. The Balaban J connectivity index is 1.83. The zero-order chi connectivity index (χ0) is 18.9. The summed E-state index contributed by atoms with van der Waals surface area (Å²) >= 11 is 0. The van der Waals surface area contributed by atoms with Crippen molar-refractivity contribution in [3.63, 3.8) is 0 Å². The van der Waals surface area contributed by atoms with Crippen LogP contribution in [0, 0.1) is 0 Å². The molecule has 3 heterocycles. The van der Waals surface area contributed by atoms with E-state index in [9.17, 15) is 14.4 Å². The van der Waals surface area contributed by atoms with Crippen LogP contribution in [0.4, 0.5) is 0 Å². The van der Waals surface area contributed by atoms with Gasteiger partial charge < -0.3 is 24.8 Å². The molecule has 0 saturated carbocycles. The molecule has 0 aromatic heterocycles. The SMILES string of the molecule is COC(=O)CNC(=O)[C@@H]1N(CCCCCO)C(=O)C2=C(C)[C@H]3C=C[C@]21O3. The zero-order valence-electron chi connectivity index (χ0n) is 15.0. The second-order valence-corrected chi connectivity index (χ2v) is 6.73. The van der Waals surface area contributed by atoms with Crippen LogP contribution >= 0.6 is 0 Å². The highest BCUT2D eigenvalue weighted by molar-refractivity contribution is 6.07. The molecule has 0 aliphatic carbocycles. The number of ether oxygens (including phenoxy) is 2. The van der Waals surface area contributed by atoms with Crippen LogP contribution in [0.15, 0.2) is 23.3 Å². The number of likely N-dealkylation sites (tertiary alicyclic amines) is 1. The molecule has 3 rings (SSSR count). The summed E-state index contributed by atoms with van der Waals surface area (Å²) in [6.07, 6.45) is 5.44. The van der Waals surface area contributed by atoms with Gasteiger partial charge in [0.2, 0.25) is 5.91 Å². The van der Waals surface area contributed by atoms with Gasteiger partial charge in [-0.05, 0) is 37.8 Å². The fraction of sp³-hybridized carbons (Fsp3) is 0.611. The molecule has 2 amide bonds. The van der Waals surface area contributed by atoms with E-state index in [-0.39, 0.29) is 25.2 Å². The van der Waals surface area contributed by atoms with Gasteiger partial charge in [-0.2, -0.15) is 0 Å². The molecule has 0 radical (unpaired) electrons. The summed E-state index contributed by atoms with van der Waals surface area (Å²) in [6.45, 7) is 2.07. The number of rotatable bonds is 8. The minimum Gasteiger partial charge on any atom is -0.468 e. The first-order valence-electron chi connectivity index (χ1n) is 8.81. The van der Waals surface area contributed by atoms with E-state index in [1.807, 2.05) is 13.0 Å². The first-order chi connectivity index (χ1) is 12.5. The minimum atomic E-state index is -1.08. The lowest BCUT2D eigenvalue weighted by molar-refractivity contribution is -0.143. The molecule has 1 spiro atoms. The molecule has 8 nitrogen and oxygen atoms in total. The Kier molecular flexibility index (Phi) is 5.15. The Labute approximate surface area is 151 Å². The van der Waals surface area contributed by atoms with Crippen molar-refractivity contribution in [3.05, 3.63) is 23.3 Å². The third-order valence-electron chi connectivity index (χ3n) is 5.19. The van der Waals surface area contributed by atoms with E-state index in [2.05, 4.69) is 10.1 Å². The summed E-state index contributed by atoms with van der Waals surface area (Å²) in [5.41, 5.74) is 0.287. The van der Waals surface area contributed by atoms with E-state index in [0.717, 1.165) is 12.0 Å². The molecule has 3 aliphatic rings. The van der Waals surface area contributed by atoms with Crippen molar-refractivity contribution in [1.29, 1.82) is 0 Å². The van der Waals surface area contributed by atoms with Gasteiger partial charge in [-0.25, -0.2) is 0 Å². The smallest absolute Gasteiger partial charge is 0.325 e. The van der Waals surface area contributed by atoms with Crippen LogP contribution in [-0.2, 0) is 23.9 Å². The number of fused-ring (bicyclic) bond motifs is 1. The summed E-state index contributed by atoms with van der Waals surface area (Å²) < 4.78 is 10.6. The molecule has 0 unspecified atom stereocenters. The van der Waals surface area contributed by atoms with Crippen molar-refractivity contribution in [2.45, 2.75) is 43.9 Å². The van der Waals surface area contributed by atoms with Gasteiger partial charge in [0.25, 0.3) is 5.91 Å². The van der Waals surface area contributed by atoms with Crippen molar-refractivity contribution in [2.75, 3.05) is 26.8 Å². The van der Waals surface area contributed by atoms with Gasteiger partial charge in [0, 0.05) is 13.2 Å². The van der Waals surface area contributed by atoms with Crippen LogP contribution in [0.3, 0.4) is 0 Å². The van der Waals surface area contributed by atoms with Crippen molar-refractivity contribution in [1.82, 2.24) is 10.2 Å². The van der Waals surface area contributed by atoms with Crippen LogP contribution in [0.1, 0.15) is 26.2 Å². The molecule has 2 bridgehead atoms. The number of nitrogens with zero attached hydrogens (tertiary/aromatic N) is 1. The first kappa shape index (κ1) is 18.6. The number of amides is 2. The van der Waals surface area contributed by atoms with Gasteiger partial charge in [-0.15, -0.1) is 0 Å². The fourth-order valence-electron chi connectivity index (χ4n) is 3.93. The Morgan fingerprint density at radius 1 is 1.38 bits per heavy atom. The highest BCUT2D eigenvalue weighted by Crippen LogP contribution is 2.51. The van der Waals surface area contributed by atoms with Crippen LogP contribution < -0.4 is 5.32 Å². The van der Waals surface area contributed by atoms with Gasteiger partial charge in [-0.1, -0.05) is 6.08 Å². The largest absolute Gasteiger partial charge is 0.468 e. The first-order valence-corrected chi connectivity index (χ1v) is 8.81. The van der Waals surface area contributed by atoms with Crippen molar-refractivity contribution in [3.8, 4) is 0 Å². The summed E-state index contributed by atoms with van der Waals surface area (Å²) in [6, 6.07) is -0.859. The molecule has 0 aromatic rings. The molecule has 8 heteroatoms. The van der Waals surface area contributed by atoms with E-state index < -0.39 is 23.5 Å². The lowest BCUT2D eigenvalue weighted by Gasteiger charge is -2.31. The molecule has 1 fully saturated rings. The maximum atomic E-state index is 13.0.